The van der Waals surface area contributed by atoms with Gasteiger partial charge in [0.25, 0.3) is 5.56 Å². The van der Waals surface area contributed by atoms with Gasteiger partial charge in [-0.3, -0.25) is 4.79 Å². The summed E-state index contributed by atoms with van der Waals surface area (Å²) in [7, 11) is 0. The van der Waals surface area contributed by atoms with Crippen molar-refractivity contribution in [3.8, 4) is 28.6 Å². The van der Waals surface area contributed by atoms with Crippen LogP contribution in [0.4, 0.5) is 0 Å². The maximum atomic E-state index is 12.9. The van der Waals surface area contributed by atoms with E-state index < -0.39 is 0 Å². The van der Waals surface area contributed by atoms with Crippen LogP contribution in [0.2, 0.25) is 0 Å². The maximum absolute atomic E-state index is 12.9. The molecule has 178 valence electrons. The number of unbranched alkanes of at least 4 members (excludes halogenated alkanes) is 2. The molecule has 4 aromatic rings. The Kier molecular flexibility index (Phi) is 7.80. The van der Waals surface area contributed by atoms with Crippen molar-refractivity contribution >= 4 is 22.4 Å². The highest BCUT2D eigenvalue weighted by Gasteiger charge is 2.13. The fraction of sp³-hybridized carbons (Fsp3) is 0.346. The van der Waals surface area contributed by atoms with E-state index in [1.54, 1.807) is 0 Å². The zero-order valence-electron chi connectivity index (χ0n) is 19.7. The number of aromatic nitrogens is 3. The highest BCUT2D eigenvalue weighted by Crippen LogP contribution is 2.29. The van der Waals surface area contributed by atoms with Gasteiger partial charge in [0, 0.05) is 5.56 Å². The van der Waals surface area contributed by atoms with Gasteiger partial charge in [0.15, 0.2) is 17.3 Å². The van der Waals surface area contributed by atoms with Gasteiger partial charge in [-0.25, -0.2) is 0 Å². The van der Waals surface area contributed by atoms with E-state index in [1.807, 2.05) is 62.4 Å². The van der Waals surface area contributed by atoms with E-state index in [9.17, 15) is 4.79 Å². The molecule has 8 heteroatoms. The largest absolute Gasteiger partial charge is 0.494 e. The van der Waals surface area contributed by atoms with E-state index in [2.05, 4.69) is 17.0 Å². The van der Waals surface area contributed by atoms with E-state index in [4.69, 9.17) is 14.2 Å². The molecule has 0 aliphatic heterocycles. The van der Waals surface area contributed by atoms with Gasteiger partial charge in [0.1, 0.15) is 5.75 Å². The lowest BCUT2D eigenvalue weighted by Gasteiger charge is -2.11. The molecule has 0 saturated heterocycles. The zero-order chi connectivity index (χ0) is 23.9. The number of hydrogen-bond acceptors (Lipinski definition) is 7. The average Bonchev–Trinajstić information content (AvgIpc) is 3.38. The number of rotatable bonds is 11. The first-order valence-electron chi connectivity index (χ1n) is 11.7. The Morgan fingerprint density at radius 1 is 0.941 bits per heavy atom. The fourth-order valence-corrected chi connectivity index (χ4v) is 4.41. The third kappa shape index (κ3) is 5.39. The maximum Gasteiger partial charge on any atom is 0.291 e. The van der Waals surface area contributed by atoms with Crippen molar-refractivity contribution in [3.05, 3.63) is 62.9 Å². The summed E-state index contributed by atoms with van der Waals surface area (Å²) in [6.45, 7) is 7.82. The molecule has 4 rings (SSSR count). The van der Waals surface area contributed by atoms with Crippen molar-refractivity contribution in [2.24, 2.45) is 0 Å². The van der Waals surface area contributed by atoms with Gasteiger partial charge in [0.2, 0.25) is 4.96 Å². The molecule has 0 fully saturated rings. The van der Waals surface area contributed by atoms with E-state index in [0.29, 0.717) is 46.6 Å². The Balaban J connectivity index is 1.56. The van der Waals surface area contributed by atoms with Crippen LogP contribution < -0.4 is 24.3 Å². The van der Waals surface area contributed by atoms with Crippen LogP contribution in [0.25, 0.3) is 22.4 Å². The molecule has 7 nitrogen and oxygen atoms in total. The van der Waals surface area contributed by atoms with E-state index in [-0.39, 0.29) is 5.56 Å². The van der Waals surface area contributed by atoms with Gasteiger partial charge in [-0.05, 0) is 68.3 Å². The molecule has 0 spiro atoms. The molecule has 0 atom stereocenters. The average molecular weight is 480 g/mol. The summed E-state index contributed by atoms with van der Waals surface area (Å²) >= 11 is 1.31. The number of nitrogens with zero attached hydrogens (tertiary/aromatic N) is 3. The topological polar surface area (TPSA) is 75.0 Å². The summed E-state index contributed by atoms with van der Waals surface area (Å²) in [5, 5.41) is 4.44. The lowest BCUT2D eigenvalue weighted by Crippen LogP contribution is -2.23. The Hall–Kier alpha value is -3.39. The van der Waals surface area contributed by atoms with Gasteiger partial charge in [-0.15, -0.1) is 5.10 Å². The zero-order valence-corrected chi connectivity index (χ0v) is 20.6. The van der Waals surface area contributed by atoms with Crippen LogP contribution in [0.5, 0.6) is 17.2 Å². The molecule has 2 heterocycles. The van der Waals surface area contributed by atoms with Gasteiger partial charge in [0.05, 0.1) is 24.4 Å². The Bertz CT molecular complexity index is 1350. The van der Waals surface area contributed by atoms with Crippen LogP contribution in [0.1, 0.15) is 45.6 Å². The summed E-state index contributed by atoms with van der Waals surface area (Å²) in [5.41, 5.74) is 1.50. The second kappa shape index (κ2) is 11.2. The first kappa shape index (κ1) is 23.8. The smallest absolute Gasteiger partial charge is 0.291 e. The van der Waals surface area contributed by atoms with Crippen molar-refractivity contribution in [1.29, 1.82) is 0 Å². The Morgan fingerprint density at radius 3 is 2.41 bits per heavy atom. The summed E-state index contributed by atoms with van der Waals surface area (Å²) in [6.07, 6.45) is 5.20. The second-order valence-corrected chi connectivity index (χ2v) is 8.71. The SMILES string of the molecule is CCCCCOc1ccc(-c2nc3s/c(=C/c4ccc(OCC)c(OCC)c4)c(=O)n3n2)cc1. The summed E-state index contributed by atoms with van der Waals surface area (Å²) < 4.78 is 19.0. The normalized spacial score (nSPS) is 11.8. The standard InChI is InChI=1S/C26H29N3O4S/c1-4-7-8-15-33-20-12-10-19(11-13-20)24-27-26-29(28-24)25(30)23(34-26)17-18-9-14-21(31-5-2)22(16-18)32-6-3/h9-14,16-17H,4-8,15H2,1-3H3/b23-17+. The lowest BCUT2D eigenvalue weighted by atomic mass is 10.2. The number of fused-ring (bicyclic) bond motifs is 1. The molecule has 0 aliphatic carbocycles. The van der Waals surface area contributed by atoms with Crippen LogP contribution in [0, 0.1) is 0 Å². The third-order valence-corrected chi connectivity index (χ3v) is 6.14. The number of benzene rings is 2. The quantitative estimate of drug-likeness (QED) is 0.290. The van der Waals surface area contributed by atoms with Gasteiger partial charge in [-0.1, -0.05) is 37.2 Å². The molecule has 0 N–H and O–H groups in total. The molecule has 0 radical (unpaired) electrons. The molecule has 0 bridgehead atoms. The third-order valence-electron chi connectivity index (χ3n) is 5.18. The molecule has 0 amide bonds. The minimum Gasteiger partial charge on any atom is -0.494 e. The predicted octanol–water partition coefficient (Wildman–Crippen LogP) is 4.73. The van der Waals surface area contributed by atoms with Crippen LogP contribution in [-0.2, 0) is 0 Å². The van der Waals surface area contributed by atoms with E-state index in [1.165, 1.54) is 22.3 Å². The molecule has 2 aromatic carbocycles. The van der Waals surface area contributed by atoms with Crippen molar-refractivity contribution in [2.75, 3.05) is 19.8 Å². The van der Waals surface area contributed by atoms with Crippen LogP contribution in [-0.4, -0.2) is 34.4 Å². The van der Waals surface area contributed by atoms with Crippen molar-refractivity contribution < 1.29 is 14.2 Å². The first-order valence-corrected chi connectivity index (χ1v) is 12.5. The summed E-state index contributed by atoms with van der Waals surface area (Å²) in [6, 6.07) is 13.3. The van der Waals surface area contributed by atoms with Gasteiger partial charge < -0.3 is 14.2 Å². The minimum absolute atomic E-state index is 0.193. The predicted molar refractivity (Wildman–Crippen MR) is 135 cm³/mol. The van der Waals surface area contributed by atoms with Crippen LogP contribution in [0.15, 0.2) is 47.3 Å². The second-order valence-electron chi connectivity index (χ2n) is 7.70. The Labute approximate surface area is 202 Å². The highest BCUT2D eigenvalue weighted by atomic mass is 32.1. The Morgan fingerprint density at radius 2 is 1.71 bits per heavy atom. The number of ether oxygens (including phenoxy) is 3. The molecule has 34 heavy (non-hydrogen) atoms. The lowest BCUT2D eigenvalue weighted by molar-refractivity contribution is 0.287. The molecule has 2 aromatic heterocycles. The number of thiazole rings is 1. The van der Waals surface area contributed by atoms with Crippen molar-refractivity contribution in [1.82, 2.24) is 14.6 Å². The number of hydrogen-bond donors (Lipinski definition) is 0. The van der Waals surface area contributed by atoms with Gasteiger partial charge >= 0.3 is 0 Å². The molecule has 0 saturated carbocycles. The van der Waals surface area contributed by atoms with Crippen molar-refractivity contribution in [2.45, 2.75) is 40.0 Å². The summed E-state index contributed by atoms with van der Waals surface area (Å²) in [5.74, 6) is 2.69. The van der Waals surface area contributed by atoms with E-state index in [0.717, 1.165) is 29.7 Å². The first-order chi connectivity index (χ1) is 16.6. The minimum atomic E-state index is -0.193. The molecule has 0 aliphatic rings. The molecular formula is C26H29N3O4S. The highest BCUT2D eigenvalue weighted by molar-refractivity contribution is 7.15. The van der Waals surface area contributed by atoms with Crippen molar-refractivity contribution in [3.63, 3.8) is 0 Å². The summed E-state index contributed by atoms with van der Waals surface area (Å²) in [4.78, 5) is 18.1. The molecule has 0 unspecified atom stereocenters. The monoisotopic (exact) mass is 479 g/mol. The van der Waals surface area contributed by atoms with Crippen LogP contribution >= 0.6 is 11.3 Å². The van der Waals surface area contributed by atoms with Gasteiger partial charge in [-0.2, -0.15) is 9.50 Å². The van der Waals surface area contributed by atoms with E-state index >= 15 is 0 Å². The fourth-order valence-electron chi connectivity index (χ4n) is 3.51. The van der Waals surface area contributed by atoms with Crippen LogP contribution in [0.3, 0.4) is 0 Å². The molecular weight excluding hydrogens is 450 g/mol.